The Labute approximate surface area is 126 Å². The van der Waals surface area contributed by atoms with Gasteiger partial charge < -0.3 is 16.4 Å². The number of anilines is 2. The van der Waals surface area contributed by atoms with Crippen LogP contribution in [0.2, 0.25) is 10.0 Å². The average Bonchev–Trinajstić information content (AvgIpc) is 2.33. The maximum absolute atomic E-state index is 11.9. The monoisotopic (exact) mass is 316 g/mol. The number of rotatable bonds is 3. The first-order valence-electron chi connectivity index (χ1n) is 5.99. The van der Waals surface area contributed by atoms with Crippen molar-refractivity contribution in [1.29, 1.82) is 0 Å². The molecule has 1 heterocycles. The van der Waals surface area contributed by atoms with Gasteiger partial charge in [-0.3, -0.25) is 14.5 Å². The molecular weight excluding hydrogens is 303 g/mol. The van der Waals surface area contributed by atoms with E-state index in [1.165, 1.54) is 12.1 Å². The van der Waals surface area contributed by atoms with Crippen molar-refractivity contribution in [2.24, 2.45) is 0 Å². The van der Waals surface area contributed by atoms with E-state index in [0.29, 0.717) is 29.5 Å². The highest BCUT2D eigenvalue weighted by atomic mass is 35.5. The standard InChI is InChI=1S/C12H14Cl2N4O2/c13-7-3-8(14)12(9(15)4-7)17-11(20)6-18-2-1-16-10(19)5-18/h3-4H,1-2,5-6,15H2,(H,16,19)(H,17,20). The first kappa shape index (κ1) is 14.9. The molecule has 1 aromatic rings. The lowest BCUT2D eigenvalue weighted by Crippen LogP contribution is -2.49. The molecule has 0 saturated carbocycles. The van der Waals surface area contributed by atoms with E-state index >= 15 is 0 Å². The van der Waals surface area contributed by atoms with Gasteiger partial charge in [0.25, 0.3) is 0 Å². The Morgan fingerprint density at radius 1 is 1.45 bits per heavy atom. The molecule has 0 radical (unpaired) electrons. The highest BCUT2D eigenvalue weighted by Crippen LogP contribution is 2.31. The van der Waals surface area contributed by atoms with E-state index in [1.807, 2.05) is 0 Å². The molecule has 2 amide bonds. The van der Waals surface area contributed by atoms with E-state index in [9.17, 15) is 9.59 Å². The third-order valence-electron chi connectivity index (χ3n) is 2.83. The molecule has 0 atom stereocenters. The topological polar surface area (TPSA) is 87.5 Å². The van der Waals surface area contributed by atoms with E-state index in [1.54, 1.807) is 4.90 Å². The third-order valence-corrected chi connectivity index (χ3v) is 3.35. The lowest BCUT2D eigenvalue weighted by molar-refractivity contribution is -0.125. The molecule has 0 aliphatic carbocycles. The minimum atomic E-state index is -0.282. The number of hydrogen-bond donors (Lipinski definition) is 3. The van der Waals surface area contributed by atoms with Crippen LogP contribution in [0.25, 0.3) is 0 Å². The zero-order valence-electron chi connectivity index (χ0n) is 10.6. The molecule has 20 heavy (non-hydrogen) atoms. The zero-order valence-corrected chi connectivity index (χ0v) is 12.1. The van der Waals surface area contributed by atoms with Crippen molar-refractivity contribution in [2.45, 2.75) is 0 Å². The first-order valence-corrected chi connectivity index (χ1v) is 6.74. The van der Waals surface area contributed by atoms with Crippen molar-refractivity contribution in [2.75, 3.05) is 37.2 Å². The van der Waals surface area contributed by atoms with Crippen molar-refractivity contribution in [3.05, 3.63) is 22.2 Å². The first-order chi connectivity index (χ1) is 9.45. The molecule has 0 aromatic heterocycles. The number of hydrogen-bond acceptors (Lipinski definition) is 4. The SMILES string of the molecule is Nc1cc(Cl)cc(Cl)c1NC(=O)CN1CCNC(=O)C1. The molecule has 8 heteroatoms. The van der Waals surface area contributed by atoms with Crippen LogP contribution in [0, 0.1) is 0 Å². The number of nitrogens with one attached hydrogen (secondary N) is 2. The Hall–Kier alpha value is -1.50. The predicted molar refractivity (Wildman–Crippen MR) is 79.0 cm³/mol. The number of benzene rings is 1. The molecule has 1 aliphatic rings. The third kappa shape index (κ3) is 3.75. The second-order valence-electron chi connectivity index (χ2n) is 4.46. The van der Waals surface area contributed by atoms with Gasteiger partial charge in [-0.1, -0.05) is 23.2 Å². The number of halogens is 2. The van der Waals surface area contributed by atoms with E-state index in [2.05, 4.69) is 10.6 Å². The van der Waals surface area contributed by atoms with Gasteiger partial charge in [-0.05, 0) is 12.1 Å². The van der Waals surface area contributed by atoms with Crippen LogP contribution in [0.4, 0.5) is 11.4 Å². The number of nitrogens with two attached hydrogens (primary N) is 1. The summed E-state index contributed by atoms with van der Waals surface area (Å²) in [6.07, 6.45) is 0. The Morgan fingerprint density at radius 3 is 2.85 bits per heavy atom. The summed E-state index contributed by atoms with van der Waals surface area (Å²) in [5.41, 5.74) is 6.40. The number of carbonyl (C=O) groups is 2. The Morgan fingerprint density at radius 2 is 2.20 bits per heavy atom. The van der Waals surface area contributed by atoms with Gasteiger partial charge in [0.15, 0.2) is 0 Å². The lowest BCUT2D eigenvalue weighted by Gasteiger charge is -2.25. The molecular formula is C12H14Cl2N4O2. The summed E-state index contributed by atoms with van der Waals surface area (Å²) >= 11 is 11.8. The fourth-order valence-electron chi connectivity index (χ4n) is 1.93. The van der Waals surface area contributed by atoms with E-state index < -0.39 is 0 Å². The molecule has 1 aromatic carbocycles. The summed E-state index contributed by atoms with van der Waals surface area (Å²) in [5.74, 6) is -0.372. The number of carbonyl (C=O) groups excluding carboxylic acids is 2. The quantitative estimate of drug-likeness (QED) is 0.724. The smallest absolute Gasteiger partial charge is 0.238 e. The number of piperazine rings is 1. The summed E-state index contributed by atoms with van der Waals surface area (Å²) < 4.78 is 0. The molecule has 1 fully saturated rings. The molecule has 0 unspecified atom stereocenters. The number of amides is 2. The van der Waals surface area contributed by atoms with Gasteiger partial charge in [-0.2, -0.15) is 0 Å². The van der Waals surface area contributed by atoms with Crippen LogP contribution < -0.4 is 16.4 Å². The van der Waals surface area contributed by atoms with Gasteiger partial charge in [0.1, 0.15) is 0 Å². The van der Waals surface area contributed by atoms with Gasteiger partial charge in [-0.25, -0.2) is 0 Å². The van der Waals surface area contributed by atoms with Crippen LogP contribution in [0.1, 0.15) is 0 Å². The average molecular weight is 317 g/mol. The van der Waals surface area contributed by atoms with Crippen LogP contribution in [0.3, 0.4) is 0 Å². The summed E-state index contributed by atoms with van der Waals surface area (Å²) in [6, 6.07) is 3.01. The second kappa shape index (κ2) is 6.30. The second-order valence-corrected chi connectivity index (χ2v) is 5.30. The van der Waals surface area contributed by atoms with Gasteiger partial charge in [-0.15, -0.1) is 0 Å². The van der Waals surface area contributed by atoms with E-state index in [-0.39, 0.29) is 29.9 Å². The van der Waals surface area contributed by atoms with Gasteiger partial charge in [0, 0.05) is 18.1 Å². The largest absolute Gasteiger partial charge is 0.397 e. The summed E-state index contributed by atoms with van der Waals surface area (Å²) in [5, 5.41) is 6.01. The number of nitrogens with zero attached hydrogens (tertiary/aromatic N) is 1. The molecule has 0 spiro atoms. The maximum Gasteiger partial charge on any atom is 0.238 e. The normalized spacial score (nSPS) is 15.8. The Bertz CT molecular complexity index is 527. The molecule has 6 nitrogen and oxygen atoms in total. The van der Waals surface area contributed by atoms with Crippen LogP contribution >= 0.6 is 23.2 Å². The molecule has 1 saturated heterocycles. The number of nitrogen functional groups attached to an aromatic ring is 1. The lowest BCUT2D eigenvalue weighted by atomic mass is 10.2. The molecule has 0 bridgehead atoms. The Kier molecular flexibility index (Phi) is 4.69. The minimum absolute atomic E-state index is 0.0897. The Balaban J connectivity index is 1.99. The zero-order chi connectivity index (χ0) is 14.7. The van der Waals surface area contributed by atoms with Crippen LogP contribution in [0.15, 0.2) is 12.1 Å². The summed E-state index contributed by atoms with van der Waals surface area (Å²) in [6.45, 7) is 1.47. The van der Waals surface area contributed by atoms with Gasteiger partial charge >= 0.3 is 0 Å². The summed E-state index contributed by atoms with van der Waals surface area (Å²) in [4.78, 5) is 24.9. The predicted octanol–water partition coefficient (Wildman–Crippen LogP) is 0.946. The van der Waals surface area contributed by atoms with Gasteiger partial charge in [0.2, 0.25) is 11.8 Å². The van der Waals surface area contributed by atoms with Crippen molar-refractivity contribution in [3.8, 4) is 0 Å². The fourth-order valence-corrected chi connectivity index (χ4v) is 2.49. The van der Waals surface area contributed by atoms with Crippen LogP contribution in [-0.2, 0) is 9.59 Å². The van der Waals surface area contributed by atoms with Crippen molar-refractivity contribution in [1.82, 2.24) is 10.2 Å². The molecule has 1 aliphatic heterocycles. The van der Waals surface area contributed by atoms with Crippen LogP contribution in [0.5, 0.6) is 0 Å². The maximum atomic E-state index is 11.9. The van der Waals surface area contributed by atoms with Crippen molar-refractivity contribution in [3.63, 3.8) is 0 Å². The highest BCUT2D eigenvalue weighted by Gasteiger charge is 2.19. The summed E-state index contributed by atoms with van der Waals surface area (Å²) in [7, 11) is 0. The van der Waals surface area contributed by atoms with Crippen molar-refractivity contribution < 1.29 is 9.59 Å². The molecule has 4 N–H and O–H groups in total. The fraction of sp³-hybridized carbons (Fsp3) is 0.333. The van der Waals surface area contributed by atoms with Crippen LogP contribution in [-0.4, -0.2) is 42.9 Å². The minimum Gasteiger partial charge on any atom is -0.397 e. The highest BCUT2D eigenvalue weighted by molar-refractivity contribution is 6.37. The molecule has 2 rings (SSSR count). The van der Waals surface area contributed by atoms with E-state index in [4.69, 9.17) is 28.9 Å². The molecule has 108 valence electrons. The van der Waals surface area contributed by atoms with E-state index in [0.717, 1.165) is 0 Å². The van der Waals surface area contributed by atoms with Crippen molar-refractivity contribution >= 4 is 46.4 Å². The van der Waals surface area contributed by atoms with Gasteiger partial charge in [0.05, 0.1) is 29.5 Å².